The summed E-state index contributed by atoms with van der Waals surface area (Å²) < 4.78 is 26.9. The van der Waals surface area contributed by atoms with E-state index in [9.17, 15) is 13.2 Å². The molecule has 1 aromatic rings. The molecule has 0 aromatic heterocycles. The van der Waals surface area contributed by atoms with Crippen molar-refractivity contribution in [2.45, 2.75) is 45.4 Å². The number of hydrogen-bond acceptors (Lipinski definition) is 3. The molecule has 1 amide bonds. The molecule has 0 radical (unpaired) electrons. The molecule has 1 aromatic carbocycles. The van der Waals surface area contributed by atoms with Crippen molar-refractivity contribution in [3.05, 3.63) is 28.8 Å². The van der Waals surface area contributed by atoms with E-state index in [2.05, 4.69) is 0 Å². The van der Waals surface area contributed by atoms with Gasteiger partial charge in [0.25, 0.3) is 0 Å². The third-order valence-electron chi connectivity index (χ3n) is 3.30. The van der Waals surface area contributed by atoms with Gasteiger partial charge >= 0.3 is 0 Å². The number of benzene rings is 1. The molecular weight excluding hydrogens is 288 g/mol. The van der Waals surface area contributed by atoms with Crippen LogP contribution in [0.1, 0.15) is 36.5 Å². The van der Waals surface area contributed by atoms with Gasteiger partial charge in [-0.2, -0.15) is 4.31 Å². The van der Waals surface area contributed by atoms with Crippen LogP contribution in [-0.4, -0.2) is 31.7 Å². The smallest absolute Gasteiger partial charge is 0.244 e. The van der Waals surface area contributed by atoms with Gasteiger partial charge in [-0.05, 0) is 38.3 Å². The van der Waals surface area contributed by atoms with E-state index in [0.717, 1.165) is 12.0 Å². The first kappa shape index (κ1) is 17.7. The van der Waals surface area contributed by atoms with Crippen LogP contribution in [0.2, 0.25) is 0 Å². The molecule has 0 aliphatic carbocycles. The fourth-order valence-corrected chi connectivity index (χ4v) is 4.35. The second kappa shape index (κ2) is 7.04. The van der Waals surface area contributed by atoms with Crippen LogP contribution in [0.15, 0.2) is 17.0 Å². The number of primary amides is 1. The molecule has 0 saturated heterocycles. The number of unbranched alkanes of at least 4 members (excludes halogenated alkanes) is 1. The normalized spacial score (nSPS) is 11.9. The molecule has 5 nitrogen and oxygen atoms in total. The van der Waals surface area contributed by atoms with Gasteiger partial charge in [-0.1, -0.05) is 31.0 Å². The Hall–Kier alpha value is -1.40. The van der Waals surface area contributed by atoms with Crippen LogP contribution in [0.5, 0.6) is 0 Å². The summed E-state index contributed by atoms with van der Waals surface area (Å²) >= 11 is 0. The minimum atomic E-state index is -3.71. The second-order valence-electron chi connectivity index (χ2n) is 5.39. The monoisotopic (exact) mass is 312 g/mol. The Kier molecular flexibility index (Phi) is 5.92. The quantitative estimate of drug-likeness (QED) is 0.835. The van der Waals surface area contributed by atoms with Crippen molar-refractivity contribution < 1.29 is 13.2 Å². The SMILES string of the molecule is CCCCN(CC(N)=O)S(=O)(=O)c1c(C)cc(C)cc1C. The molecule has 21 heavy (non-hydrogen) atoms. The fraction of sp³-hybridized carbons (Fsp3) is 0.533. The minimum Gasteiger partial charge on any atom is -0.369 e. The number of carbonyl (C=O) groups excluding carboxylic acids is 1. The van der Waals surface area contributed by atoms with E-state index in [1.54, 1.807) is 13.8 Å². The zero-order valence-corrected chi connectivity index (χ0v) is 14.0. The van der Waals surface area contributed by atoms with E-state index in [-0.39, 0.29) is 11.4 Å². The first-order chi connectivity index (χ1) is 9.70. The molecule has 118 valence electrons. The molecule has 0 aliphatic heterocycles. The van der Waals surface area contributed by atoms with E-state index in [1.807, 2.05) is 26.0 Å². The molecular formula is C15H24N2O3S. The summed E-state index contributed by atoms with van der Waals surface area (Å²) in [4.78, 5) is 11.5. The lowest BCUT2D eigenvalue weighted by Crippen LogP contribution is -2.39. The molecule has 0 aliphatic rings. The Labute approximate surface area is 127 Å². The lowest BCUT2D eigenvalue weighted by atomic mass is 10.1. The summed E-state index contributed by atoms with van der Waals surface area (Å²) in [5.74, 6) is -0.642. The number of carbonyl (C=O) groups is 1. The molecule has 0 spiro atoms. The van der Waals surface area contributed by atoms with Gasteiger partial charge in [0.15, 0.2) is 0 Å². The van der Waals surface area contributed by atoms with E-state index in [0.29, 0.717) is 24.1 Å². The summed E-state index contributed by atoms with van der Waals surface area (Å²) in [6, 6.07) is 3.67. The molecule has 1 rings (SSSR count). The largest absolute Gasteiger partial charge is 0.369 e. The molecule has 0 heterocycles. The number of aryl methyl sites for hydroxylation is 3. The molecule has 0 atom stereocenters. The Morgan fingerprint density at radius 1 is 1.19 bits per heavy atom. The Bertz CT molecular complexity index is 601. The highest BCUT2D eigenvalue weighted by Gasteiger charge is 2.28. The second-order valence-corrected chi connectivity index (χ2v) is 7.26. The minimum absolute atomic E-state index is 0.283. The zero-order chi connectivity index (χ0) is 16.2. The van der Waals surface area contributed by atoms with E-state index >= 15 is 0 Å². The predicted octanol–water partition coefficient (Wildman–Crippen LogP) is 1.89. The van der Waals surface area contributed by atoms with Crippen molar-refractivity contribution in [2.75, 3.05) is 13.1 Å². The van der Waals surface area contributed by atoms with E-state index in [1.165, 1.54) is 4.31 Å². The van der Waals surface area contributed by atoms with Crippen molar-refractivity contribution in [1.82, 2.24) is 4.31 Å². The fourth-order valence-electron chi connectivity index (χ4n) is 2.50. The van der Waals surface area contributed by atoms with Crippen LogP contribution in [0.4, 0.5) is 0 Å². The first-order valence-corrected chi connectivity index (χ1v) is 8.50. The average molecular weight is 312 g/mol. The van der Waals surface area contributed by atoms with Gasteiger partial charge in [0.05, 0.1) is 11.4 Å². The van der Waals surface area contributed by atoms with E-state index < -0.39 is 15.9 Å². The average Bonchev–Trinajstić information content (AvgIpc) is 2.32. The lowest BCUT2D eigenvalue weighted by molar-refractivity contribution is -0.118. The zero-order valence-electron chi connectivity index (χ0n) is 13.1. The first-order valence-electron chi connectivity index (χ1n) is 7.06. The Balaban J connectivity index is 3.31. The third kappa shape index (κ3) is 4.28. The Morgan fingerprint density at radius 3 is 2.14 bits per heavy atom. The topological polar surface area (TPSA) is 80.5 Å². The van der Waals surface area contributed by atoms with Gasteiger partial charge < -0.3 is 5.73 Å². The molecule has 2 N–H and O–H groups in total. The number of sulfonamides is 1. The number of amides is 1. The Morgan fingerprint density at radius 2 is 1.71 bits per heavy atom. The summed E-state index contributed by atoms with van der Waals surface area (Å²) in [5, 5.41) is 0. The molecule has 6 heteroatoms. The maximum atomic E-state index is 12.8. The van der Waals surface area contributed by atoms with Gasteiger partial charge in [-0.3, -0.25) is 4.79 Å². The number of nitrogens with zero attached hydrogens (tertiary/aromatic N) is 1. The van der Waals surface area contributed by atoms with Gasteiger partial charge in [0, 0.05) is 6.54 Å². The summed E-state index contributed by atoms with van der Waals surface area (Å²) in [7, 11) is -3.71. The summed E-state index contributed by atoms with van der Waals surface area (Å²) in [5.41, 5.74) is 7.59. The van der Waals surface area contributed by atoms with Gasteiger partial charge in [-0.25, -0.2) is 8.42 Å². The number of rotatable bonds is 7. The van der Waals surface area contributed by atoms with Gasteiger partial charge in [0.1, 0.15) is 0 Å². The van der Waals surface area contributed by atoms with Crippen LogP contribution in [0.25, 0.3) is 0 Å². The highest BCUT2D eigenvalue weighted by atomic mass is 32.2. The third-order valence-corrected chi connectivity index (χ3v) is 5.45. The van der Waals surface area contributed by atoms with E-state index in [4.69, 9.17) is 5.73 Å². The number of hydrogen-bond donors (Lipinski definition) is 1. The van der Waals surface area contributed by atoms with Gasteiger partial charge in [-0.15, -0.1) is 0 Å². The molecule has 0 unspecified atom stereocenters. The maximum Gasteiger partial charge on any atom is 0.244 e. The summed E-state index contributed by atoms with van der Waals surface area (Å²) in [6.07, 6.45) is 1.53. The van der Waals surface area contributed by atoms with Crippen molar-refractivity contribution >= 4 is 15.9 Å². The van der Waals surface area contributed by atoms with Crippen molar-refractivity contribution in [3.8, 4) is 0 Å². The van der Waals surface area contributed by atoms with Crippen LogP contribution in [0, 0.1) is 20.8 Å². The standard InChI is InChI=1S/C15H24N2O3S/c1-5-6-7-17(10-14(16)18)21(19,20)15-12(3)8-11(2)9-13(15)4/h8-9H,5-7,10H2,1-4H3,(H2,16,18). The van der Waals surface area contributed by atoms with Crippen molar-refractivity contribution in [2.24, 2.45) is 5.73 Å². The summed E-state index contributed by atoms with van der Waals surface area (Å²) in [6.45, 7) is 7.46. The molecule has 0 fully saturated rings. The number of nitrogens with two attached hydrogens (primary N) is 1. The highest BCUT2D eigenvalue weighted by Crippen LogP contribution is 2.25. The van der Waals surface area contributed by atoms with Crippen molar-refractivity contribution in [1.29, 1.82) is 0 Å². The van der Waals surface area contributed by atoms with Crippen LogP contribution in [0.3, 0.4) is 0 Å². The predicted molar refractivity (Wildman–Crippen MR) is 83.5 cm³/mol. The molecule has 0 saturated carbocycles. The molecule has 0 bridgehead atoms. The van der Waals surface area contributed by atoms with Crippen LogP contribution >= 0.6 is 0 Å². The maximum absolute atomic E-state index is 12.8. The van der Waals surface area contributed by atoms with Crippen LogP contribution < -0.4 is 5.73 Å². The van der Waals surface area contributed by atoms with Crippen LogP contribution in [-0.2, 0) is 14.8 Å². The lowest BCUT2D eigenvalue weighted by Gasteiger charge is -2.23. The van der Waals surface area contributed by atoms with Crippen molar-refractivity contribution in [3.63, 3.8) is 0 Å². The van der Waals surface area contributed by atoms with Gasteiger partial charge in [0.2, 0.25) is 15.9 Å². The highest BCUT2D eigenvalue weighted by molar-refractivity contribution is 7.89.